The van der Waals surface area contributed by atoms with Crippen molar-refractivity contribution >= 4 is 11.9 Å². The van der Waals surface area contributed by atoms with E-state index < -0.39 is 10.9 Å². The Kier molecular flexibility index (Phi) is 5.36. The zero-order chi connectivity index (χ0) is 16.8. The molecule has 0 unspecified atom stereocenters. The molecule has 0 saturated heterocycles. The van der Waals surface area contributed by atoms with E-state index in [0.29, 0.717) is 6.54 Å². The van der Waals surface area contributed by atoms with Gasteiger partial charge in [0, 0.05) is 17.8 Å². The minimum atomic E-state index is -0.674. The van der Waals surface area contributed by atoms with Gasteiger partial charge >= 0.3 is 5.95 Å². The Bertz CT molecular complexity index is 677. The van der Waals surface area contributed by atoms with Crippen molar-refractivity contribution in [1.29, 1.82) is 0 Å². The molecule has 124 valence electrons. The van der Waals surface area contributed by atoms with Gasteiger partial charge in [-0.2, -0.15) is 9.78 Å². The number of nitro groups is 1. The molecule has 1 N–H and O–H groups in total. The molecule has 2 aromatic rings. The molecular weight excluding hydrogens is 304 g/mol. The van der Waals surface area contributed by atoms with Gasteiger partial charge in [0.25, 0.3) is 5.91 Å². The molecule has 11 heteroatoms. The minimum absolute atomic E-state index is 0.134. The van der Waals surface area contributed by atoms with Crippen LogP contribution in [0.15, 0.2) is 18.6 Å². The molecule has 2 rings (SSSR count). The first-order chi connectivity index (χ1) is 11.0. The maximum absolute atomic E-state index is 11.9. The van der Waals surface area contributed by atoms with Crippen molar-refractivity contribution in [2.24, 2.45) is 0 Å². The molecule has 0 atom stereocenters. The van der Waals surface area contributed by atoms with Crippen LogP contribution in [0.1, 0.15) is 16.9 Å². The van der Waals surface area contributed by atoms with Crippen molar-refractivity contribution in [2.75, 3.05) is 27.2 Å². The number of hydrogen-bond acceptors (Lipinski definition) is 7. The lowest BCUT2D eigenvalue weighted by atomic mass is 10.3. The van der Waals surface area contributed by atoms with Gasteiger partial charge in [0.1, 0.15) is 5.69 Å². The van der Waals surface area contributed by atoms with E-state index in [1.54, 1.807) is 12.3 Å². The molecule has 23 heavy (non-hydrogen) atoms. The first kappa shape index (κ1) is 16.5. The molecule has 1 amide bonds. The Morgan fingerprint density at radius 1 is 1.39 bits per heavy atom. The van der Waals surface area contributed by atoms with Crippen LogP contribution in [0.2, 0.25) is 0 Å². The van der Waals surface area contributed by atoms with E-state index in [0.717, 1.165) is 13.0 Å². The van der Waals surface area contributed by atoms with Gasteiger partial charge in [-0.1, -0.05) is 4.98 Å². The number of amides is 1. The van der Waals surface area contributed by atoms with Crippen molar-refractivity contribution in [3.8, 4) is 0 Å². The summed E-state index contributed by atoms with van der Waals surface area (Å²) in [5, 5.41) is 21.1. The smallest absolute Gasteiger partial charge is 0.390 e. The van der Waals surface area contributed by atoms with Crippen LogP contribution in [-0.4, -0.2) is 67.5 Å². The van der Waals surface area contributed by atoms with E-state index in [9.17, 15) is 14.9 Å². The molecule has 0 aromatic carbocycles. The second-order valence-electron chi connectivity index (χ2n) is 5.14. The summed E-state index contributed by atoms with van der Waals surface area (Å²) >= 11 is 0. The van der Waals surface area contributed by atoms with Crippen LogP contribution in [0.5, 0.6) is 0 Å². The van der Waals surface area contributed by atoms with Gasteiger partial charge in [-0.15, -0.1) is 0 Å². The maximum atomic E-state index is 11.9. The topological polar surface area (TPSA) is 124 Å². The lowest BCUT2D eigenvalue weighted by Gasteiger charge is -2.09. The van der Waals surface area contributed by atoms with E-state index in [-0.39, 0.29) is 18.3 Å². The highest BCUT2D eigenvalue weighted by Gasteiger charge is 2.14. The summed E-state index contributed by atoms with van der Waals surface area (Å²) < 4.78 is 2.72. The number of nitrogens with zero attached hydrogens (tertiary/aromatic N) is 7. The average molecular weight is 322 g/mol. The maximum Gasteiger partial charge on any atom is 0.491 e. The third-order valence-corrected chi connectivity index (χ3v) is 2.92. The molecule has 0 bridgehead atoms. The van der Waals surface area contributed by atoms with Gasteiger partial charge in [-0.25, -0.2) is 4.68 Å². The van der Waals surface area contributed by atoms with Crippen molar-refractivity contribution in [1.82, 2.24) is 34.8 Å². The summed E-state index contributed by atoms with van der Waals surface area (Å²) in [6, 6.07) is 1.58. The van der Waals surface area contributed by atoms with Crippen molar-refractivity contribution < 1.29 is 9.72 Å². The van der Waals surface area contributed by atoms with Crippen LogP contribution < -0.4 is 5.32 Å². The molecule has 0 aliphatic carbocycles. The van der Waals surface area contributed by atoms with E-state index in [4.69, 9.17) is 0 Å². The third-order valence-electron chi connectivity index (χ3n) is 2.92. The molecule has 0 aliphatic heterocycles. The van der Waals surface area contributed by atoms with E-state index >= 15 is 0 Å². The van der Waals surface area contributed by atoms with Gasteiger partial charge in [-0.3, -0.25) is 4.79 Å². The number of aromatic nitrogens is 5. The van der Waals surface area contributed by atoms with Crippen LogP contribution in [0.25, 0.3) is 0 Å². The Hall–Kier alpha value is -2.82. The first-order valence-corrected chi connectivity index (χ1v) is 6.96. The Morgan fingerprint density at radius 2 is 2.17 bits per heavy atom. The molecule has 0 radical (unpaired) electrons. The summed E-state index contributed by atoms with van der Waals surface area (Å²) in [5.74, 6) is -0.733. The van der Waals surface area contributed by atoms with Crippen LogP contribution in [0.4, 0.5) is 5.95 Å². The summed E-state index contributed by atoms with van der Waals surface area (Å²) in [6.45, 7) is 1.59. The molecular formula is C12H18N8O3. The van der Waals surface area contributed by atoms with Crippen LogP contribution in [-0.2, 0) is 6.67 Å². The number of nitrogens with one attached hydrogen (secondary N) is 1. The fourth-order valence-electron chi connectivity index (χ4n) is 1.83. The van der Waals surface area contributed by atoms with Crippen molar-refractivity contribution in [3.63, 3.8) is 0 Å². The molecule has 0 saturated carbocycles. The molecule has 0 aliphatic rings. The van der Waals surface area contributed by atoms with E-state index in [2.05, 4.69) is 20.5 Å². The summed E-state index contributed by atoms with van der Waals surface area (Å²) in [4.78, 5) is 27.4. The largest absolute Gasteiger partial charge is 0.491 e. The standard InChI is InChI=1S/C12H18N8O3/c1-17(2)6-3-5-13-11(21)10-4-7-18(15-10)9-19-8-14-12(16-19)20(22)23/h4,7-8H,3,5-6,9H2,1-2H3,(H,13,21). The normalized spacial score (nSPS) is 10.9. The third kappa shape index (κ3) is 4.85. The summed E-state index contributed by atoms with van der Waals surface area (Å²) in [5.41, 5.74) is 0.282. The van der Waals surface area contributed by atoms with Gasteiger partial charge in [0.2, 0.25) is 6.33 Å². The summed E-state index contributed by atoms with van der Waals surface area (Å²) in [7, 11) is 3.94. The quantitative estimate of drug-likeness (QED) is 0.397. The zero-order valence-corrected chi connectivity index (χ0v) is 12.9. The molecule has 2 aromatic heterocycles. The fourth-order valence-corrected chi connectivity index (χ4v) is 1.83. The number of rotatable bonds is 8. The highest BCUT2D eigenvalue weighted by molar-refractivity contribution is 5.92. The lowest BCUT2D eigenvalue weighted by molar-refractivity contribution is -0.394. The van der Waals surface area contributed by atoms with Crippen molar-refractivity contribution in [2.45, 2.75) is 13.1 Å². The van der Waals surface area contributed by atoms with Crippen LogP contribution >= 0.6 is 0 Å². The molecule has 0 spiro atoms. The van der Waals surface area contributed by atoms with Gasteiger partial charge in [-0.05, 0) is 38.1 Å². The minimum Gasteiger partial charge on any atom is -0.390 e. The van der Waals surface area contributed by atoms with Crippen LogP contribution in [0, 0.1) is 10.1 Å². The van der Waals surface area contributed by atoms with E-state index in [1.165, 1.54) is 15.7 Å². The monoisotopic (exact) mass is 322 g/mol. The Morgan fingerprint density at radius 3 is 2.83 bits per heavy atom. The number of hydrogen-bond donors (Lipinski definition) is 1. The number of carbonyl (C=O) groups excluding carboxylic acids is 1. The van der Waals surface area contributed by atoms with Gasteiger partial charge in [0.15, 0.2) is 6.67 Å². The molecule has 2 heterocycles. The molecule has 0 fully saturated rings. The van der Waals surface area contributed by atoms with Crippen molar-refractivity contribution in [3.05, 3.63) is 34.4 Å². The predicted molar refractivity (Wildman–Crippen MR) is 79.8 cm³/mol. The van der Waals surface area contributed by atoms with Crippen LogP contribution in [0.3, 0.4) is 0 Å². The van der Waals surface area contributed by atoms with Gasteiger partial charge < -0.3 is 20.3 Å². The highest BCUT2D eigenvalue weighted by atomic mass is 16.6. The Labute approximate surface area is 132 Å². The SMILES string of the molecule is CN(C)CCCNC(=O)c1ccn(Cn2cnc([N+](=O)[O-])n2)n1. The van der Waals surface area contributed by atoms with Gasteiger partial charge in [0.05, 0.1) is 0 Å². The predicted octanol–water partition coefficient (Wildman–Crippen LogP) is -0.430. The first-order valence-electron chi connectivity index (χ1n) is 6.96. The average Bonchev–Trinajstić information content (AvgIpc) is 3.13. The highest BCUT2D eigenvalue weighted by Crippen LogP contribution is 2.01. The lowest BCUT2D eigenvalue weighted by Crippen LogP contribution is -2.27. The van der Waals surface area contributed by atoms with E-state index in [1.807, 2.05) is 19.0 Å². The molecule has 11 nitrogen and oxygen atoms in total. The summed E-state index contributed by atoms with van der Waals surface area (Å²) in [6.07, 6.45) is 3.69. The second-order valence-corrected chi connectivity index (χ2v) is 5.14. The Balaban J connectivity index is 1.86. The fraction of sp³-hybridized carbons (Fsp3) is 0.500. The zero-order valence-electron chi connectivity index (χ0n) is 12.9. The number of carbonyl (C=O) groups is 1. The second kappa shape index (κ2) is 7.45.